The lowest BCUT2D eigenvalue weighted by molar-refractivity contribution is 0.102. The van der Waals surface area contributed by atoms with E-state index < -0.39 is 17.3 Å². The van der Waals surface area contributed by atoms with Crippen molar-refractivity contribution in [2.45, 2.75) is 13.5 Å². The Hall–Kier alpha value is -3.87. The van der Waals surface area contributed by atoms with E-state index in [-0.39, 0.29) is 12.1 Å². The van der Waals surface area contributed by atoms with Crippen LogP contribution in [0.2, 0.25) is 0 Å². The molecule has 7 heteroatoms. The van der Waals surface area contributed by atoms with E-state index in [2.05, 4.69) is 15.3 Å². The molecule has 0 aliphatic rings. The van der Waals surface area contributed by atoms with E-state index in [9.17, 15) is 14.0 Å². The Morgan fingerprint density at radius 1 is 1.07 bits per heavy atom. The van der Waals surface area contributed by atoms with Gasteiger partial charge in [-0.15, -0.1) is 0 Å². The maximum Gasteiger partial charge on any atom is 0.265 e. The third kappa shape index (κ3) is 3.62. The Morgan fingerprint density at radius 2 is 1.83 bits per heavy atom. The summed E-state index contributed by atoms with van der Waals surface area (Å²) in [5, 5.41) is 3.28. The van der Waals surface area contributed by atoms with Gasteiger partial charge in [0.2, 0.25) is 0 Å². The first kappa shape index (κ1) is 18.5. The quantitative estimate of drug-likeness (QED) is 0.580. The summed E-state index contributed by atoms with van der Waals surface area (Å²) in [6.45, 7) is 1.77. The van der Waals surface area contributed by atoms with Crippen molar-refractivity contribution in [2.75, 3.05) is 5.32 Å². The first-order valence-electron chi connectivity index (χ1n) is 8.99. The lowest BCUT2D eigenvalue weighted by Gasteiger charge is -2.13. The molecule has 0 saturated heterocycles. The molecule has 0 radical (unpaired) electrons. The minimum atomic E-state index is -0.579. The van der Waals surface area contributed by atoms with Crippen LogP contribution in [0.5, 0.6) is 0 Å². The molecular weight excluding hydrogens is 371 g/mol. The van der Waals surface area contributed by atoms with Crippen LogP contribution in [0, 0.1) is 12.7 Å². The van der Waals surface area contributed by atoms with Crippen LogP contribution in [0.25, 0.3) is 11.0 Å². The fraction of sp³-hybridized carbons (Fsp3) is 0.0909. The molecule has 0 aliphatic carbocycles. The number of hydrogen-bond donors (Lipinski definition) is 1. The highest BCUT2D eigenvalue weighted by atomic mass is 19.1. The second-order valence-corrected chi connectivity index (χ2v) is 6.58. The standard InChI is InChI=1S/C22H17FN4O2/c1-14-6-4-10-24-19(14)26-21(28)17-12-15-8-5-11-25-20(15)27(22(17)29)13-16-7-2-3-9-18(16)23/h2-12H,13H2,1H3,(H,24,26,28). The number of hydrogen-bond acceptors (Lipinski definition) is 4. The van der Waals surface area contributed by atoms with Gasteiger partial charge in [-0.25, -0.2) is 14.4 Å². The predicted molar refractivity (Wildman–Crippen MR) is 108 cm³/mol. The van der Waals surface area contributed by atoms with Crippen molar-refractivity contribution in [3.8, 4) is 0 Å². The molecule has 29 heavy (non-hydrogen) atoms. The number of benzene rings is 1. The SMILES string of the molecule is Cc1cccnc1NC(=O)c1cc2cccnc2n(Cc2ccccc2F)c1=O. The molecule has 0 spiro atoms. The smallest absolute Gasteiger partial charge is 0.265 e. The molecular formula is C22H17FN4O2. The highest BCUT2D eigenvalue weighted by molar-refractivity contribution is 6.05. The zero-order valence-corrected chi connectivity index (χ0v) is 15.6. The van der Waals surface area contributed by atoms with Gasteiger partial charge in [-0.1, -0.05) is 24.3 Å². The number of rotatable bonds is 4. The molecule has 6 nitrogen and oxygen atoms in total. The maximum atomic E-state index is 14.2. The van der Waals surface area contributed by atoms with Crippen LogP contribution >= 0.6 is 0 Å². The fourth-order valence-corrected chi connectivity index (χ4v) is 3.10. The van der Waals surface area contributed by atoms with Crippen molar-refractivity contribution in [3.05, 3.63) is 99.9 Å². The Morgan fingerprint density at radius 3 is 2.62 bits per heavy atom. The van der Waals surface area contributed by atoms with Crippen molar-refractivity contribution >= 4 is 22.8 Å². The van der Waals surface area contributed by atoms with Crippen molar-refractivity contribution in [3.63, 3.8) is 0 Å². The number of nitrogens with one attached hydrogen (secondary N) is 1. The Kier molecular flexibility index (Phi) is 4.87. The molecule has 3 heterocycles. The summed E-state index contributed by atoms with van der Waals surface area (Å²) in [5.74, 6) is -0.629. The highest BCUT2D eigenvalue weighted by Gasteiger charge is 2.18. The fourth-order valence-electron chi connectivity index (χ4n) is 3.10. The third-order valence-corrected chi connectivity index (χ3v) is 4.62. The van der Waals surface area contributed by atoms with Crippen molar-refractivity contribution < 1.29 is 9.18 Å². The Balaban J connectivity index is 1.82. The minimum absolute atomic E-state index is 0.0389. The van der Waals surface area contributed by atoms with E-state index in [1.54, 1.807) is 48.8 Å². The molecule has 1 N–H and O–H groups in total. The van der Waals surface area contributed by atoms with Crippen LogP contribution in [0.4, 0.5) is 10.2 Å². The van der Waals surface area contributed by atoms with Gasteiger partial charge in [0.1, 0.15) is 22.8 Å². The van der Waals surface area contributed by atoms with Crippen LogP contribution in [0.1, 0.15) is 21.5 Å². The molecule has 0 atom stereocenters. The van der Waals surface area contributed by atoms with Gasteiger partial charge < -0.3 is 5.32 Å². The van der Waals surface area contributed by atoms with Gasteiger partial charge in [-0.2, -0.15) is 0 Å². The maximum absolute atomic E-state index is 14.2. The van der Waals surface area contributed by atoms with E-state index in [4.69, 9.17) is 0 Å². The topological polar surface area (TPSA) is 76.9 Å². The Labute approximate surface area is 165 Å². The van der Waals surface area contributed by atoms with Crippen molar-refractivity contribution in [1.82, 2.24) is 14.5 Å². The summed E-state index contributed by atoms with van der Waals surface area (Å²) in [7, 11) is 0. The van der Waals surface area contributed by atoms with Gasteiger partial charge in [-0.3, -0.25) is 14.2 Å². The van der Waals surface area contributed by atoms with Gasteiger partial charge in [0.05, 0.1) is 6.54 Å². The molecule has 4 aromatic rings. The summed E-state index contributed by atoms with van der Waals surface area (Å²) in [6, 6.07) is 14.7. The summed E-state index contributed by atoms with van der Waals surface area (Å²) < 4.78 is 15.5. The van der Waals surface area contributed by atoms with Crippen molar-refractivity contribution in [1.29, 1.82) is 0 Å². The monoisotopic (exact) mass is 388 g/mol. The molecule has 0 saturated carbocycles. The number of fused-ring (bicyclic) bond motifs is 1. The summed E-state index contributed by atoms with van der Waals surface area (Å²) >= 11 is 0. The molecule has 0 unspecified atom stereocenters. The summed E-state index contributed by atoms with van der Waals surface area (Å²) in [5.41, 5.74) is 0.874. The highest BCUT2D eigenvalue weighted by Crippen LogP contribution is 2.16. The lowest BCUT2D eigenvalue weighted by atomic mass is 10.1. The van der Waals surface area contributed by atoms with Gasteiger partial charge >= 0.3 is 0 Å². The number of anilines is 1. The van der Waals surface area contributed by atoms with Crippen molar-refractivity contribution in [2.24, 2.45) is 0 Å². The zero-order valence-electron chi connectivity index (χ0n) is 15.6. The van der Waals surface area contributed by atoms with E-state index in [1.165, 1.54) is 16.7 Å². The molecule has 0 aliphatic heterocycles. The molecule has 0 fully saturated rings. The van der Waals surface area contributed by atoms with Crippen LogP contribution in [-0.4, -0.2) is 20.4 Å². The predicted octanol–water partition coefficient (Wildman–Crippen LogP) is 3.54. The van der Waals surface area contributed by atoms with E-state index in [0.29, 0.717) is 22.4 Å². The van der Waals surface area contributed by atoms with E-state index >= 15 is 0 Å². The molecule has 4 rings (SSSR count). The van der Waals surface area contributed by atoms with Gasteiger partial charge in [0, 0.05) is 23.3 Å². The number of nitrogens with zero attached hydrogens (tertiary/aromatic N) is 3. The number of halogens is 1. The number of amides is 1. The third-order valence-electron chi connectivity index (χ3n) is 4.62. The molecule has 144 valence electrons. The Bertz CT molecular complexity index is 1280. The number of aryl methyl sites for hydroxylation is 1. The molecule has 0 bridgehead atoms. The van der Waals surface area contributed by atoms with Crippen LogP contribution in [-0.2, 0) is 6.54 Å². The second kappa shape index (κ2) is 7.63. The number of pyridine rings is 3. The molecule has 3 aromatic heterocycles. The lowest BCUT2D eigenvalue weighted by Crippen LogP contribution is -2.30. The molecule has 1 aromatic carbocycles. The van der Waals surface area contributed by atoms with Gasteiger partial charge in [0.15, 0.2) is 0 Å². The average molecular weight is 388 g/mol. The largest absolute Gasteiger partial charge is 0.306 e. The first-order chi connectivity index (χ1) is 14.0. The summed E-state index contributed by atoms with van der Waals surface area (Å²) in [6.07, 6.45) is 3.11. The number of carbonyl (C=O) groups is 1. The van der Waals surface area contributed by atoms with Gasteiger partial charge in [0.25, 0.3) is 11.5 Å². The second-order valence-electron chi connectivity index (χ2n) is 6.58. The number of carbonyl (C=O) groups excluding carboxylic acids is 1. The van der Waals surface area contributed by atoms with Crippen LogP contribution in [0.3, 0.4) is 0 Å². The average Bonchev–Trinajstić information content (AvgIpc) is 2.73. The van der Waals surface area contributed by atoms with Crippen LogP contribution in [0.15, 0.2) is 71.8 Å². The van der Waals surface area contributed by atoms with E-state index in [0.717, 1.165) is 5.56 Å². The number of aromatic nitrogens is 3. The zero-order chi connectivity index (χ0) is 20.4. The normalized spacial score (nSPS) is 10.8. The first-order valence-corrected chi connectivity index (χ1v) is 8.99. The minimum Gasteiger partial charge on any atom is -0.306 e. The molecule has 1 amide bonds. The van der Waals surface area contributed by atoms with E-state index in [1.807, 2.05) is 13.0 Å². The van der Waals surface area contributed by atoms with Gasteiger partial charge in [-0.05, 0) is 42.8 Å². The van der Waals surface area contributed by atoms with Crippen LogP contribution < -0.4 is 10.9 Å². The summed E-state index contributed by atoms with van der Waals surface area (Å²) in [4.78, 5) is 34.4.